The fourth-order valence-corrected chi connectivity index (χ4v) is 2.07. The Labute approximate surface area is 103 Å². The van der Waals surface area contributed by atoms with Gasteiger partial charge in [-0.1, -0.05) is 13.8 Å². The number of carbonyl (C=O) groups excluding carboxylic acids is 1. The molecular weight excluding hydrogens is 226 g/mol. The lowest BCUT2D eigenvalue weighted by Gasteiger charge is -2.34. The van der Waals surface area contributed by atoms with Crippen LogP contribution in [0.5, 0.6) is 0 Å². The molecule has 2 atom stereocenters. The van der Waals surface area contributed by atoms with Gasteiger partial charge in [0.05, 0.1) is 6.10 Å². The minimum Gasteiger partial charge on any atom is -0.376 e. The first kappa shape index (κ1) is 13.8. The zero-order valence-electron chi connectivity index (χ0n) is 10.2. The molecule has 3 nitrogen and oxygen atoms in total. The first-order valence-electron chi connectivity index (χ1n) is 6.15. The van der Waals surface area contributed by atoms with Crippen molar-refractivity contribution in [1.82, 2.24) is 4.90 Å². The van der Waals surface area contributed by atoms with Crippen LogP contribution in [0.15, 0.2) is 0 Å². The topological polar surface area (TPSA) is 29.5 Å². The van der Waals surface area contributed by atoms with Gasteiger partial charge >= 0.3 is 0 Å². The summed E-state index contributed by atoms with van der Waals surface area (Å²) in [5.41, 5.74) is 0. The molecule has 0 bridgehead atoms. The second-order valence-electron chi connectivity index (χ2n) is 4.47. The van der Waals surface area contributed by atoms with Gasteiger partial charge in [0.1, 0.15) is 0 Å². The van der Waals surface area contributed by atoms with E-state index >= 15 is 0 Å². The maximum Gasteiger partial charge on any atom is 0.226 e. The maximum absolute atomic E-state index is 11.9. The van der Waals surface area contributed by atoms with Crippen LogP contribution < -0.4 is 0 Å². The van der Waals surface area contributed by atoms with Crippen molar-refractivity contribution in [2.45, 2.75) is 39.2 Å². The molecule has 0 aromatic carbocycles. The van der Waals surface area contributed by atoms with Crippen LogP contribution in [0, 0.1) is 5.92 Å². The van der Waals surface area contributed by atoms with E-state index in [4.69, 9.17) is 16.3 Å². The third-order valence-corrected chi connectivity index (χ3v) is 3.36. The number of hydrogen-bond donors (Lipinski definition) is 0. The number of nitrogens with zero attached hydrogens (tertiary/aromatic N) is 1. The van der Waals surface area contributed by atoms with Crippen LogP contribution in [0.3, 0.4) is 0 Å². The zero-order chi connectivity index (χ0) is 12.0. The monoisotopic (exact) mass is 247 g/mol. The molecule has 0 aromatic rings. The first-order valence-corrected chi connectivity index (χ1v) is 6.68. The molecule has 0 aromatic heterocycles. The number of alkyl halides is 1. The van der Waals surface area contributed by atoms with E-state index in [1.807, 2.05) is 11.8 Å². The molecule has 4 heteroatoms. The Balaban J connectivity index is 2.40. The number of rotatable bonds is 5. The number of ether oxygens (including phenoxy) is 1. The summed E-state index contributed by atoms with van der Waals surface area (Å²) >= 11 is 5.71. The molecule has 1 fully saturated rings. The molecule has 94 valence electrons. The summed E-state index contributed by atoms with van der Waals surface area (Å²) in [6.45, 7) is 6.36. The average molecular weight is 248 g/mol. The van der Waals surface area contributed by atoms with Crippen LogP contribution in [-0.4, -0.2) is 42.5 Å². The number of carbonyl (C=O) groups is 1. The highest BCUT2D eigenvalue weighted by Crippen LogP contribution is 2.16. The van der Waals surface area contributed by atoms with Crippen molar-refractivity contribution in [3.63, 3.8) is 0 Å². The molecule has 0 radical (unpaired) electrons. The van der Waals surface area contributed by atoms with Gasteiger partial charge in [0.25, 0.3) is 0 Å². The van der Waals surface area contributed by atoms with Gasteiger partial charge in [-0.2, -0.15) is 0 Å². The Morgan fingerprint density at radius 1 is 1.62 bits per heavy atom. The Hall–Kier alpha value is -0.280. The number of likely N-dealkylation sites (tertiary alicyclic amines) is 1. The summed E-state index contributed by atoms with van der Waals surface area (Å²) in [4.78, 5) is 13.8. The molecule has 1 aliphatic heterocycles. The highest BCUT2D eigenvalue weighted by molar-refractivity contribution is 6.19. The molecule has 16 heavy (non-hydrogen) atoms. The number of hydrogen-bond acceptors (Lipinski definition) is 2. The first-order chi connectivity index (χ1) is 7.69. The van der Waals surface area contributed by atoms with Gasteiger partial charge in [0.15, 0.2) is 0 Å². The van der Waals surface area contributed by atoms with Crippen molar-refractivity contribution in [2.24, 2.45) is 5.92 Å². The van der Waals surface area contributed by atoms with Gasteiger partial charge in [0, 0.05) is 31.5 Å². The largest absolute Gasteiger partial charge is 0.376 e. The van der Waals surface area contributed by atoms with Crippen molar-refractivity contribution < 1.29 is 9.53 Å². The average Bonchev–Trinajstić information content (AvgIpc) is 2.34. The summed E-state index contributed by atoms with van der Waals surface area (Å²) < 4.78 is 5.70. The fourth-order valence-electron chi connectivity index (χ4n) is 1.94. The van der Waals surface area contributed by atoms with E-state index in [2.05, 4.69) is 6.92 Å². The lowest BCUT2D eigenvalue weighted by atomic mass is 10.1. The molecule has 1 rings (SSSR count). The summed E-state index contributed by atoms with van der Waals surface area (Å²) in [7, 11) is 0. The number of piperidine rings is 1. The van der Waals surface area contributed by atoms with Gasteiger partial charge in [0.2, 0.25) is 5.91 Å². The van der Waals surface area contributed by atoms with Gasteiger partial charge < -0.3 is 9.64 Å². The smallest absolute Gasteiger partial charge is 0.226 e. The molecule has 1 aliphatic rings. The summed E-state index contributed by atoms with van der Waals surface area (Å²) in [6.07, 6.45) is 3.36. The molecule has 0 N–H and O–H groups in total. The van der Waals surface area contributed by atoms with E-state index < -0.39 is 0 Å². The van der Waals surface area contributed by atoms with Crippen LogP contribution >= 0.6 is 11.6 Å². The standard InChI is InChI=1S/C12H22ClNO2/c1-3-7-16-11-5-4-6-14(9-11)12(15)10(2)8-13/h10-11H,3-9H2,1-2H3. The Morgan fingerprint density at radius 2 is 2.38 bits per heavy atom. The molecule has 0 spiro atoms. The van der Waals surface area contributed by atoms with Crippen LogP contribution in [0.25, 0.3) is 0 Å². The van der Waals surface area contributed by atoms with E-state index in [1.54, 1.807) is 0 Å². The van der Waals surface area contributed by atoms with E-state index in [1.165, 1.54) is 0 Å². The van der Waals surface area contributed by atoms with E-state index in [-0.39, 0.29) is 17.9 Å². The minimum absolute atomic E-state index is 0.0772. The lowest BCUT2D eigenvalue weighted by Crippen LogP contribution is -2.45. The Morgan fingerprint density at radius 3 is 3.00 bits per heavy atom. The number of halogens is 1. The predicted octanol–water partition coefficient (Wildman–Crippen LogP) is 2.28. The zero-order valence-corrected chi connectivity index (χ0v) is 11.0. The van der Waals surface area contributed by atoms with E-state index in [0.717, 1.165) is 39.0 Å². The third kappa shape index (κ3) is 3.95. The second-order valence-corrected chi connectivity index (χ2v) is 4.78. The van der Waals surface area contributed by atoms with Crippen molar-refractivity contribution in [2.75, 3.05) is 25.6 Å². The summed E-state index contributed by atoms with van der Waals surface area (Å²) in [5, 5.41) is 0. The Bertz CT molecular complexity index is 223. The van der Waals surface area contributed by atoms with Gasteiger partial charge in [-0.05, 0) is 19.3 Å². The van der Waals surface area contributed by atoms with Crippen molar-refractivity contribution >= 4 is 17.5 Å². The summed E-state index contributed by atoms with van der Waals surface area (Å²) in [5.74, 6) is 0.488. The normalized spacial score (nSPS) is 23.2. The highest BCUT2D eigenvalue weighted by atomic mass is 35.5. The number of amides is 1. The lowest BCUT2D eigenvalue weighted by molar-refractivity contribution is -0.138. The molecule has 0 saturated carbocycles. The summed E-state index contributed by atoms with van der Waals surface area (Å²) in [6, 6.07) is 0. The molecular formula is C12H22ClNO2. The van der Waals surface area contributed by atoms with Gasteiger partial charge in [-0.25, -0.2) is 0 Å². The molecule has 2 unspecified atom stereocenters. The van der Waals surface area contributed by atoms with Crippen LogP contribution in [0.1, 0.15) is 33.1 Å². The highest BCUT2D eigenvalue weighted by Gasteiger charge is 2.26. The Kier molecular flexibility index (Phi) is 6.14. The SMILES string of the molecule is CCCOC1CCCN(C(=O)C(C)CCl)C1. The van der Waals surface area contributed by atoms with Crippen molar-refractivity contribution in [3.05, 3.63) is 0 Å². The maximum atomic E-state index is 11.9. The molecule has 1 amide bonds. The van der Waals surface area contributed by atoms with E-state index in [0.29, 0.717) is 5.88 Å². The third-order valence-electron chi connectivity index (χ3n) is 2.90. The molecule has 1 heterocycles. The molecule has 0 aliphatic carbocycles. The van der Waals surface area contributed by atoms with Crippen molar-refractivity contribution in [3.8, 4) is 0 Å². The van der Waals surface area contributed by atoms with E-state index in [9.17, 15) is 4.79 Å². The van der Waals surface area contributed by atoms with Gasteiger partial charge in [-0.3, -0.25) is 4.79 Å². The van der Waals surface area contributed by atoms with Crippen LogP contribution in [0.4, 0.5) is 0 Å². The quantitative estimate of drug-likeness (QED) is 0.698. The van der Waals surface area contributed by atoms with Crippen LogP contribution in [0.2, 0.25) is 0 Å². The fraction of sp³-hybridized carbons (Fsp3) is 0.917. The minimum atomic E-state index is -0.0772. The second kappa shape index (κ2) is 7.13. The van der Waals surface area contributed by atoms with Crippen molar-refractivity contribution in [1.29, 1.82) is 0 Å². The van der Waals surface area contributed by atoms with Crippen LogP contribution in [-0.2, 0) is 9.53 Å². The predicted molar refractivity (Wildman–Crippen MR) is 65.7 cm³/mol. The molecule has 1 saturated heterocycles. The van der Waals surface area contributed by atoms with Gasteiger partial charge in [-0.15, -0.1) is 11.6 Å².